The van der Waals surface area contributed by atoms with Crippen molar-refractivity contribution in [2.45, 2.75) is 13.5 Å². The maximum absolute atomic E-state index is 9.18. The quantitative estimate of drug-likeness (QED) is 0.787. The van der Waals surface area contributed by atoms with E-state index in [4.69, 9.17) is 16.3 Å². The average Bonchev–Trinajstić information content (AvgIpc) is 2.13. The predicted octanol–water partition coefficient (Wildman–Crippen LogP) is 2.48. The number of hydrogen-bond donors (Lipinski definition) is 1. The molecule has 1 N–H and O–H groups in total. The Morgan fingerprint density at radius 2 is 2.14 bits per heavy atom. The molecular weight excluding hydrogens is 202 g/mol. The summed E-state index contributed by atoms with van der Waals surface area (Å²) in [6, 6.07) is 3.59. The van der Waals surface area contributed by atoms with Crippen molar-refractivity contribution in [1.29, 1.82) is 0 Å². The first kappa shape index (κ1) is 11.3. The third-order valence-corrected chi connectivity index (χ3v) is 2.51. The molecule has 0 aliphatic carbocycles. The highest BCUT2D eigenvalue weighted by Crippen LogP contribution is 2.28. The number of methoxy groups -OCH3 is 1. The summed E-state index contributed by atoms with van der Waals surface area (Å²) in [5.74, 6) is 0.743. The van der Waals surface area contributed by atoms with Gasteiger partial charge < -0.3 is 9.94 Å². The smallest absolute Gasteiger partial charge is 0.123 e. The Balaban J connectivity index is 3.14. The van der Waals surface area contributed by atoms with E-state index in [1.165, 1.54) is 0 Å². The minimum atomic E-state index is 0.398. The first-order chi connectivity index (χ1) is 6.56. The van der Waals surface area contributed by atoms with Gasteiger partial charge in [0.1, 0.15) is 5.75 Å². The zero-order chi connectivity index (χ0) is 10.7. The van der Waals surface area contributed by atoms with Crippen LogP contribution in [0.25, 0.3) is 0 Å². The summed E-state index contributed by atoms with van der Waals surface area (Å²) in [7, 11) is 3.18. The summed E-state index contributed by atoms with van der Waals surface area (Å²) in [6.45, 7) is 2.30. The molecule has 0 bridgehead atoms. The molecular formula is C10H14ClNO2. The van der Waals surface area contributed by atoms with Crippen LogP contribution in [0.2, 0.25) is 5.02 Å². The lowest BCUT2D eigenvalue weighted by molar-refractivity contribution is -0.0736. The zero-order valence-corrected chi connectivity index (χ0v) is 9.30. The third-order valence-electron chi connectivity index (χ3n) is 2.10. The number of hydrogen-bond acceptors (Lipinski definition) is 3. The van der Waals surface area contributed by atoms with Crippen molar-refractivity contribution < 1.29 is 9.94 Å². The molecule has 0 saturated carbocycles. The molecule has 1 rings (SSSR count). The molecule has 0 aliphatic heterocycles. The van der Waals surface area contributed by atoms with Crippen molar-refractivity contribution in [2.24, 2.45) is 0 Å². The molecule has 4 heteroatoms. The molecule has 1 aromatic rings. The van der Waals surface area contributed by atoms with Crippen molar-refractivity contribution in [3.05, 3.63) is 28.3 Å². The highest BCUT2D eigenvalue weighted by atomic mass is 35.5. The average molecular weight is 216 g/mol. The lowest BCUT2D eigenvalue weighted by Gasteiger charge is -2.15. The van der Waals surface area contributed by atoms with Crippen LogP contribution in [0.4, 0.5) is 0 Å². The first-order valence-corrected chi connectivity index (χ1v) is 4.66. The molecule has 0 fully saturated rings. The molecule has 78 valence electrons. The minimum Gasteiger partial charge on any atom is -0.496 e. The number of halogens is 1. The molecule has 14 heavy (non-hydrogen) atoms. The summed E-state index contributed by atoms with van der Waals surface area (Å²) in [5.41, 5.74) is 1.84. The second kappa shape index (κ2) is 4.64. The van der Waals surface area contributed by atoms with E-state index in [1.807, 2.05) is 6.92 Å². The standard InChI is InChI=1S/C10H14ClNO2/c1-7-8(6-12(2)13)10(14-3)5-4-9(7)11/h4-5,13H,6H2,1-3H3. The van der Waals surface area contributed by atoms with E-state index in [9.17, 15) is 5.21 Å². The van der Waals surface area contributed by atoms with Crippen LogP contribution in [-0.4, -0.2) is 24.4 Å². The highest BCUT2D eigenvalue weighted by molar-refractivity contribution is 6.31. The fraction of sp³-hybridized carbons (Fsp3) is 0.400. The van der Waals surface area contributed by atoms with Gasteiger partial charge in [-0.15, -0.1) is 0 Å². The number of nitrogens with zero attached hydrogens (tertiary/aromatic N) is 1. The van der Waals surface area contributed by atoms with Gasteiger partial charge in [-0.1, -0.05) is 11.6 Å². The van der Waals surface area contributed by atoms with Crippen molar-refractivity contribution in [3.8, 4) is 5.75 Å². The molecule has 3 nitrogen and oxygen atoms in total. The Morgan fingerprint density at radius 3 is 2.64 bits per heavy atom. The van der Waals surface area contributed by atoms with Crippen LogP contribution in [0.5, 0.6) is 5.75 Å². The van der Waals surface area contributed by atoms with Gasteiger partial charge in [-0.25, -0.2) is 0 Å². The van der Waals surface area contributed by atoms with Crippen molar-refractivity contribution in [1.82, 2.24) is 5.06 Å². The van der Waals surface area contributed by atoms with E-state index in [0.717, 1.165) is 21.9 Å². The summed E-state index contributed by atoms with van der Waals surface area (Å²) in [6.07, 6.45) is 0. The van der Waals surface area contributed by atoms with Gasteiger partial charge >= 0.3 is 0 Å². The topological polar surface area (TPSA) is 32.7 Å². The Hall–Kier alpha value is -0.770. The molecule has 0 aliphatic rings. The van der Waals surface area contributed by atoms with Crippen LogP contribution in [0.15, 0.2) is 12.1 Å². The van der Waals surface area contributed by atoms with Gasteiger partial charge in [0.25, 0.3) is 0 Å². The maximum atomic E-state index is 9.18. The van der Waals surface area contributed by atoms with Crippen molar-refractivity contribution in [3.63, 3.8) is 0 Å². The number of hydroxylamine groups is 2. The van der Waals surface area contributed by atoms with E-state index >= 15 is 0 Å². The van der Waals surface area contributed by atoms with E-state index < -0.39 is 0 Å². The number of rotatable bonds is 3. The molecule has 0 amide bonds. The van der Waals surface area contributed by atoms with Gasteiger partial charge in [0, 0.05) is 17.6 Å². The summed E-state index contributed by atoms with van der Waals surface area (Å²) < 4.78 is 5.19. The summed E-state index contributed by atoms with van der Waals surface area (Å²) in [5, 5.41) is 11.0. The van der Waals surface area contributed by atoms with E-state index in [-0.39, 0.29) is 0 Å². The molecule has 0 saturated heterocycles. The molecule has 1 aromatic carbocycles. The molecule has 0 radical (unpaired) electrons. The zero-order valence-electron chi connectivity index (χ0n) is 8.54. The van der Waals surface area contributed by atoms with Crippen LogP contribution in [0.1, 0.15) is 11.1 Å². The van der Waals surface area contributed by atoms with Gasteiger partial charge in [0.05, 0.1) is 13.7 Å². The van der Waals surface area contributed by atoms with Crippen LogP contribution in [0.3, 0.4) is 0 Å². The van der Waals surface area contributed by atoms with Crippen LogP contribution in [0, 0.1) is 6.92 Å². The normalized spacial score (nSPS) is 10.7. The Kier molecular flexibility index (Phi) is 3.75. The Morgan fingerprint density at radius 1 is 1.50 bits per heavy atom. The first-order valence-electron chi connectivity index (χ1n) is 4.28. The SMILES string of the molecule is COc1ccc(Cl)c(C)c1CN(C)O. The van der Waals surface area contributed by atoms with E-state index in [2.05, 4.69) is 0 Å². The molecule has 0 heterocycles. The maximum Gasteiger partial charge on any atom is 0.123 e. The third kappa shape index (κ3) is 2.38. The summed E-state index contributed by atoms with van der Waals surface area (Å²) in [4.78, 5) is 0. The van der Waals surface area contributed by atoms with Crippen LogP contribution in [-0.2, 0) is 6.54 Å². The fourth-order valence-electron chi connectivity index (χ4n) is 1.32. The predicted molar refractivity (Wildman–Crippen MR) is 56.0 cm³/mol. The van der Waals surface area contributed by atoms with Gasteiger partial charge in [-0.3, -0.25) is 0 Å². The van der Waals surface area contributed by atoms with Gasteiger partial charge in [-0.05, 0) is 24.6 Å². The summed E-state index contributed by atoms with van der Waals surface area (Å²) >= 11 is 5.97. The lowest BCUT2D eigenvalue weighted by Crippen LogP contribution is -2.13. The highest BCUT2D eigenvalue weighted by Gasteiger charge is 2.10. The Labute approximate surface area is 88.8 Å². The number of benzene rings is 1. The second-order valence-electron chi connectivity index (χ2n) is 3.17. The van der Waals surface area contributed by atoms with Crippen molar-refractivity contribution in [2.75, 3.05) is 14.2 Å². The fourth-order valence-corrected chi connectivity index (χ4v) is 1.50. The monoisotopic (exact) mass is 215 g/mol. The largest absolute Gasteiger partial charge is 0.496 e. The van der Waals surface area contributed by atoms with Crippen LogP contribution < -0.4 is 4.74 Å². The van der Waals surface area contributed by atoms with Gasteiger partial charge in [-0.2, -0.15) is 5.06 Å². The molecule has 0 aromatic heterocycles. The second-order valence-corrected chi connectivity index (χ2v) is 3.58. The minimum absolute atomic E-state index is 0.398. The van der Waals surface area contributed by atoms with E-state index in [0.29, 0.717) is 11.6 Å². The van der Waals surface area contributed by atoms with Crippen molar-refractivity contribution >= 4 is 11.6 Å². The van der Waals surface area contributed by atoms with Gasteiger partial charge in [0.15, 0.2) is 0 Å². The van der Waals surface area contributed by atoms with Crippen LogP contribution >= 0.6 is 11.6 Å². The Bertz CT molecular complexity index is 326. The van der Waals surface area contributed by atoms with Gasteiger partial charge in [0.2, 0.25) is 0 Å². The molecule has 0 spiro atoms. The van der Waals surface area contributed by atoms with E-state index in [1.54, 1.807) is 26.3 Å². The number of ether oxygens (including phenoxy) is 1. The molecule has 0 atom stereocenters. The molecule has 0 unspecified atom stereocenters. The lowest BCUT2D eigenvalue weighted by atomic mass is 10.1.